The first kappa shape index (κ1) is 19.9. The molecule has 2 aromatic rings. The van der Waals surface area contributed by atoms with Gasteiger partial charge in [0.2, 0.25) is 0 Å². The molecule has 7 nitrogen and oxygen atoms in total. The summed E-state index contributed by atoms with van der Waals surface area (Å²) in [6.07, 6.45) is 3.08. The minimum absolute atomic E-state index is 0.0823. The number of likely N-dealkylation sites (tertiary alicyclic amines) is 1. The van der Waals surface area contributed by atoms with Gasteiger partial charge in [0.25, 0.3) is 5.91 Å². The van der Waals surface area contributed by atoms with E-state index in [2.05, 4.69) is 10.6 Å². The molecule has 1 fully saturated rings. The van der Waals surface area contributed by atoms with Crippen molar-refractivity contribution < 1.29 is 18.0 Å². The lowest BCUT2D eigenvalue weighted by Gasteiger charge is -2.18. The van der Waals surface area contributed by atoms with Gasteiger partial charge in [-0.2, -0.15) is 0 Å². The van der Waals surface area contributed by atoms with E-state index in [1.807, 2.05) is 0 Å². The Kier molecular flexibility index (Phi) is 5.69. The highest BCUT2D eigenvalue weighted by Crippen LogP contribution is 2.24. The average Bonchev–Trinajstić information content (AvgIpc) is 3.17. The summed E-state index contributed by atoms with van der Waals surface area (Å²) < 4.78 is 23.6. The highest BCUT2D eigenvalue weighted by Gasteiger charge is 2.20. The summed E-state index contributed by atoms with van der Waals surface area (Å²) in [4.78, 5) is 27.0. The first-order chi connectivity index (χ1) is 13.3. The molecule has 0 aromatic heterocycles. The first-order valence-electron chi connectivity index (χ1n) is 9.03. The van der Waals surface area contributed by atoms with Gasteiger partial charge >= 0.3 is 6.03 Å². The summed E-state index contributed by atoms with van der Waals surface area (Å²) in [5, 5.41) is 5.61. The number of hydrogen-bond donors (Lipinski definition) is 2. The third kappa shape index (κ3) is 4.51. The molecule has 0 spiro atoms. The number of aryl methyl sites for hydroxylation is 1. The van der Waals surface area contributed by atoms with E-state index in [4.69, 9.17) is 0 Å². The predicted molar refractivity (Wildman–Crippen MR) is 109 cm³/mol. The van der Waals surface area contributed by atoms with E-state index in [-0.39, 0.29) is 16.5 Å². The SMILES string of the molecule is Cc1ccc(S(C)(=O)=O)cc1C(=O)Nc1ccccc1NC(=O)N1CCCC1. The van der Waals surface area contributed by atoms with Crippen LogP contribution in [0.5, 0.6) is 0 Å². The minimum atomic E-state index is -3.42. The number of nitrogens with zero attached hydrogens (tertiary/aromatic N) is 1. The number of urea groups is 1. The largest absolute Gasteiger partial charge is 0.325 e. The zero-order valence-electron chi connectivity index (χ0n) is 15.9. The Bertz CT molecular complexity index is 1010. The molecule has 0 atom stereocenters. The molecule has 148 valence electrons. The van der Waals surface area contributed by atoms with Gasteiger partial charge in [0.05, 0.1) is 16.3 Å². The molecule has 3 amide bonds. The fourth-order valence-electron chi connectivity index (χ4n) is 3.08. The maximum absolute atomic E-state index is 12.8. The van der Waals surface area contributed by atoms with Crippen LogP contribution >= 0.6 is 0 Å². The number of para-hydroxylation sites is 2. The van der Waals surface area contributed by atoms with Gasteiger partial charge in [-0.1, -0.05) is 18.2 Å². The molecular formula is C20H23N3O4S. The molecule has 28 heavy (non-hydrogen) atoms. The van der Waals surface area contributed by atoms with Crippen molar-refractivity contribution in [1.29, 1.82) is 0 Å². The second-order valence-corrected chi connectivity index (χ2v) is 8.89. The molecule has 1 heterocycles. The van der Waals surface area contributed by atoms with E-state index in [1.165, 1.54) is 12.1 Å². The summed E-state index contributed by atoms with van der Waals surface area (Å²) in [5.74, 6) is -0.439. The van der Waals surface area contributed by atoms with Crippen LogP contribution in [-0.4, -0.2) is 44.6 Å². The standard InChI is InChI=1S/C20H23N3O4S/c1-14-9-10-15(28(2,26)27)13-16(14)19(24)21-17-7-3-4-8-18(17)22-20(25)23-11-5-6-12-23/h3-4,7-10,13H,5-6,11-12H2,1-2H3,(H,21,24)(H,22,25). The number of nitrogens with one attached hydrogen (secondary N) is 2. The van der Waals surface area contributed by atoms with Gasteiger partial charge in [-0.3, -0.25) is 4.79 Å². The van der Waals surface area contributed by atoms with Gasteiger partial charge in [0.15, 0.2) is 9.84 Å². The lowest BCUT2D eigenvalue weighted by Crippen LogP contribution is -2.32. The molecule has 0 aliphatic carbocycles. The van der Waals surface area contributed by atoms with Gasteiger partial charge in [-0.25, -0.2) is 13.2 Å². The molecule has 0 bridgehead atoms. The first-order valence-corrected chi connectivity index (χ1v) is 10.9. The number of hydrogen-bond acceptors (Lipinski definition) is 4. The average molecular weight is 401 g/mol. The van der Waals surface area contributed by atoms with Gasteiger partial charge in [0.1, 0.15) is 0 Å². The summed E-state index contributed by atoms with van der Waals surface area (Å²) in [6, 6.07) is 11.2. The Morgan fingerprint density at radius 3 is 2.18 bits per heavy atom. The molecule has 0 radical (unpaired) electrons. The number of sulfone groups is 1. The van der Waals surface area contributed by atoms with E-state index in [9.17, 15) is 18.0 Å². The van der Waals surface area contributed by atoms with Crippen LogP contribution in [-0.2, 0) is 9.84 Å². The summed E-state index contributed by atoms with van der Waals surface area (Å²) in [6.45, 7) is 3.18. The third-order valence-electron chi connectivity index (χ3n) is 4.69. The van der Waals surface area contributed by atoms with Gasteiger partial charge in [-0.05, 0) is 49.6 Å². The van der Waals surface area contributed by atoms with Crippen molar-refractivity contribution in [3.05, 3.63) is 53.6 Å². The summed E-state index contributed by atoms with van der Waals surface area (Å²) >= 11 is 0. The van der Waals surface area contributed by atoms with Crippen LogP contribution < -0.4 is 10.6 Å². The molecule has 1 aliphatic rings. The molecular weight excluding hydrogens is 378 g/mol. The maximum atomic E-state index is 12.8. The fourth-order valence-corrected chi connectivity index (χ4v) is 3.73. The number of carbonyl (C=O) groups is 2. The molecule has 3 rings (SSSR count). The molecule has 1 aliphatic heterocycles. The Labute approximate surface area is 164 Å². The van der Waals surface area contributed by atoms with Crippen molar-refractivity contribution >= 4 is 33.2 Å². The highest BCUT2D eigenvalue weighted by atomic mass is 32.2. The van der Waals surface area contributed by atoms with Crippen LogP contribution in [0.3, 0.4) is 0 Å². The van der Waals surface area contributed by atoms with Crippen LogP contribution in [0.4, 0.5) is 16.2 Å². The number of anilines is 2. The molecule has 0 saturated carbocycles. The van der Waals surface area contributed by atoms with Crippen molar-refractivity contribution in [2.45, 2.75) is 24.7 Å². The van der Waals surface area contributed by atoms with E-state index in [0.29, 0.717) is 16.9 Å². The van der Waals surface area contributed by atoms with Crippen LogP contribution in [0.15, 0.2) is 47.4 Å². The number of rotatable bonds is 4. The Morgan fingerprint density at radius 1 is 0.964 bits per heavy atom. The number of carbonyl (C=O) groups excluding carboxylic acids is 2. The Hall–Kier alpha value is -2.87. The van der Waals surface area contributed by atoms with Crippen LogP contribution in [0.25, 0.3) is 0 Å². The van der Waals surface area contributed by atoms with Crippen molar-refractivity contribution in [2.75, 3.05) is 30.0 Å². The highest BCUT2D eigenvalue weighted by molar-refractivity contribution is 7.90. The Balaban J connectivity index is 1.82. The van der Waals surface area contributed by atoms with Crippen molar-refractivity contribution in [1.82, 2.24) is 4.90 Å². The van der Waals surface area contributed by atoms with Crippen molar-refractivity contribution in [3.63, 3.8) is 0 Å². The van der Waals surface area contributed by atoms with E-state index in [0.717, 1.165) is 32.2 Å². The lowest BCUT2D eigenvalue weighted by molar-refractivity contribution is 0.102. The van der Waals surface area contributed by atoms with Gasteiger partial charge < -0.3 is 15.5 Å². The second-order valence-electron chi connectivity index (χ2n) is 6.87. The number of benzene rings is 2. The topological polar surface area (TPSA) is 95.6 Å². The molecule has 0 unspecified atom stereocenters. The van der Waals surface area contributed by atoms with E-state index >= 15 is 0 Å². The summed E-state index contributed by atoms with van der Waals surface area (Å²) in [5.41, 5.74) is 1.86. The quantitative estimate of drug-likeness (QED) is 0.822. The zero-order valence-corrected chi connectivity index (χ0v) is 16.7. The van der Waals surface area contributed by atoms with Crippen LogP contribution in [0.1, 0.15) is 28.8 Å². The van der Waals surface area contributed by atoms with Gasteiger partial charge in [-0.15, -0.1) is 0 Å². The minimum Gasteiger partial charge on any atom is -0.325 e. The number of amides is 3. The van der Waals surface area contributed by atoms with Crippen LogP contribution in [0, 0.1) is 6.92 Å². The fraction of sp³-hybridized carbons (Fsp3) is 0.300. The van der Waals surface area contributed by atoms with Gasteiger partial charge in [0, 0.05) is 24.9 Å². The van der Waals surface area contributed by atoms with E-state index in [1.54, 1.807) is 42.2 Å². The predicted octanol–water partition coefficient (Wildman–Crippen LogP) is 3.28. The molecule has 1 saturated heterocycles. The van der Waals surface area contributed by atoms with Crippen molar-refractivity contribution in [2.24, 2.45) is 0 Å². The second kappa shape index (κ2) is 8.02. The summed E-state index contributed by atoms with van der Waals surface area (Å²) in [7, 11) is -3.42. The monoisotopic (exact) mass is 401 g/mol. The normalized spacial score (nSPS) is 14.0. The lowest BCUT2D eigenvalue weighted by atomic mass is 10.1. The van der Waals surface area contributed by atoms with E-state index < -0.39 is 15.7 Å². The maximum Gasteiger partial charge on any atom is 0.321 e. The molecule has 2 N–H and O–H groups in total. The molecule has 8 heteroatoms. The van der Waals surface area contributed by atoms with Crippen molar-refractivity contribution in [3.8, 4) is 0 Å². The third-order valence-corrected chi connectivity index (χ3v) is 5.80. The smallest absolute Gasteiger partial charge is 0.321 e. The van der Waals surface area contributed by atoms with Crippen LogP contribution in [0.2, 0.25) is 0 Å². The molecule has 2 aromatic carbocycles. The zero-order chi connectivity index (χ0) is 20.3. The Morgan fingerprint density at radius 2 is 1.57 bits per heavy atom.